The van der Waals surface area contributed by atoms with Gasteiger partial charge in [0.05, 0.1) is 33.4 Å². The third-order valence-electron chi connectivity index (χ3n) is 6.90. The van der Waals surface area contributed by atoms with Gasteiger partial charge in [-0.25, -0.2) is 27.5 Å². The van der Waals surface area contributed by atoms with Gasteiger partial charge in [-0.15, -0.1) is 0 Å². The van der Waals surface area contributed by atoms with Gasteiger partial charge in [-0.1, -0.05) is 0 Å². The van der Waals surface area contributed by atoms with Crippen LogP contribution in [0.3, 0.4) is 0 Å². The number of rotatable bonds is 3. The van der Waals surface area contributed by atoms with Gasteiger partial charge >= 0.3 is 24.7 Å². The van der Waals surface area contributed by atoms with Crippen molar-refractivity contribution in [2.45, 2.75) is 31.6 Å². The third kappa shape index (κ3) is 6.81. The van der Waals surface area contributed by atoms with Crippen LogP contribution in [-0.2, 0) is 24.7 Å². The summed E-state index contributed by atoms with van der Waals surface area (Å²) in [5.41, 5.74) is -24.6. The van der Waals surface area contributed by atoms with Crippen LogP contribution in [0.25, 0.3) is 16.7 Å². The minimum atomic E-state index is -5.95. The number of nitriles is 2. The lowest BCUT2D eigenvalue weighted by molar-refractivity contribution is -0.145. The molecule has 0 N–H and O–H groups in total. The van der Waals surface area contributed by atoms with Crippen LogP contribution >= 0.6 is 0 Å². The second-order valence-corrected chi connectivity index (χ2v) is 10.0. The first-order valence-corrected chi connectivity index (χ1v) is 12.7. The van der Waals surface area contributed by atoms with E-state index in [2.05, 4.69) is 4.98 Å². The second kappa shape index (κ2) is 12.3. The number of pyridine rings is 2. The summed E-state index contributed by atoms with van der Waals surface area (Å²) in [5, 5.41) is 19.7. The largest absolute Gasteiger partial charge is 0.436 e. The predicted molar refractivity (Wildman–Crippen MR) is 132 cm³/mol. The van der Waals surface area contributed by atoms with Crippen molar-refractivity contribution in [2.75, 3.05) is 0 Å². The van der Waals surface area contributed by atoms with Crippen molar-refractivity contribution >= 4 is 16.7 Å². The average molecular weight is 752 g/mol. The second-order valence-electron chi connectivity index (χ2n) is 10.0. The van der Waals surface area contributed by atoms with Gasteiger partial charge in [-0.3, -0.25) is 0 Å². The fourth-order valence-corrected chi connectivity index (χ4v) is 4.74. The topological polar surface area (TPSA) is 73.4 Å². The van der Waals surface area contributed by atoms with Crippen molar-refractivity contribution in [3.05, 3.63) is 109 Å². The number of aromatic nitrogens is 2. The molecular weight excluding hydrogens is 746 g/mol. The van der Waals surface area contributed by atoms with E-state index in [1.165, 1.54) is 0 Å². The molecule has 268 valence electrons. The van der Waals surface area contributed by atoms with E-state index >= 15 is 8.78 Å². The van der Waals surface area contributed by atoms with Crippen LogP contribution in [0, 0.1) is 57.8 Å². The lowest BCUT2D eigenvalue weighted by Gasteiger charge is -2.14. The summed E-state index contributed by atoms with van der Waals surface area (Å²) in [6, 6.07) is 1.14. The number of nitrogens with zero attached hydrogens (tertiary/aromatic N) is 4. The molecule has 22 heteroatoms. The molecule has 51 heavy (non-hydrogen) atoms. The Morgan fingerprint density at radius 1 is 0.510 bits per heavy atom. The Hall–Kier alpha value is -5.54. The van der Waals surface area contributed by atoms with E-state index in [-0.39, 0.29) is 12.1 Å². The summed E-state index contributed by atoms with van der Waals surface area (Å²) in [4.78, 5) is 4.11. The molecule has 0 amide bonds. The molecule has 4 rings (SSSR count). The van der Waals surface area contributed by atoms with Crippen LogP contribution in [0.4, 0.5) is 79.0 Å². The Bertz CT molecular complexity index is 2150. The fraction of sp³-hybridized carbons (Fsp3) is 0.172. The molecule has 0 unspecified atom stereocenters. The van der Waals surface area contributed by atoms with Crippen LogP contribution in [0.15, 0.2) is 34.9 Å². The highest BCUT2D eigenvalue weighted by Crippen LogP contribution is 2.57. The van der Waals surface area contributed by atoms with Crippen molar-refractivity contribution in [2.24, 2.45) is 0 Å². The first kappa shape index (κ1) is 38.3. The Morgan fingerprint density at radius 2 is 0.882 bits per heavy atom. The molecular formula is C29H6F18N4. The zero-order chi connectivity index (χ0) is 38.9. The van der Waals surface area contributed by atoms with Crippen molar-refractivity contribution in [3.63, 3.8) is 0 Å². The van der Waals surface area contributed by atoms with Crippen molar-refractivity contribution < 1.29 is 79.0 Å². The molecule has 4 nitrogen and oxygen atoms in total. The molecule has 0 aliphatic heterocycles. The fourth-order valence-electron chi connectivity index (χ4n) is 4.74. The normalized spacial score (nSPS) is 16.8. The van der Waals surface area contributed by atoms with Crippen LogP contribution in [-0.4, -0.2) is 9.97 Å². The SMILES string of the molecule is C/C(=C1\C(=C(C#N)c2c(F)c(F)nc(C(F)(F)F)c2F)\C1=C(\C#N)c1cc(C(F)(F)F)cc(C(F)(F)F)c1)c1c(F)c(F)nc(C(F)(F)F)c1F. The van der Waals surface area contributed by atoms with E-state index in [1.54, 1.807) is 0 Å². The highest BCUT2D eigenvalue weighted by atomic mass is 19.4. The molecule has 1 aliphatic carbocycles. The highest BCUT2D eigenvalue weighted by Gasteiger charge is 2.47. The number of hydrogen-bond acceptors (Lipinski definition) is 4. The summed E-state index contributed by atoms with van der Waals surface area (Å²) < 4.78 is 250. The smallest absolute Gasteiger partial charge is 0.209 e. The molecule has 0 spiro atoms. The van der Waals surface area contributed by atoms with E-state index in [4.69, 9.17) is 0 Å². The number of alkyl halides is 12. The number of allylic oxidation sites excluding steroid dienone is 6. The maximum absolute atomic E-state index is 15.1. The molecule has 1 fully saturated rings. The van der Waals surface area contributed by atoms with Crippen molar-refractivity contribution in [1.29, 1.82) is 10.5 Å². The standard InChI is InChI=1S/C29H6F18N4/c1-7(14-18(30)22(28(42,43)44)50-24(34)20(14)32)13-15(11(5-48)8-2-9(26(36,37)38)4-10(3-8)27(39,40)41)16(13)12(6-49)17-19(31)23(29(45,46)47)51-25(35)21(17)33/h2-4H,1H3/b13-7+,15-11-,16-12?. The summed E-state index contributed by atoms with van der Waals surface area (Å²) in [5.74, 6) is -16.3. The average Bonchev–Trinajstić information content (AvgIpc) is 3.71. The van der Waals surface area contributed by atoms with Gasteiger partial charge in [0.1, 0.15) is 12.1 Å². The summed E-state index contributed by atoms with van der Waals surface area (Å²) in [6.07, 6.45) is -23.1. The highest BCUT2D eigenvalue weighted by molar-refractivity contribution is 6.10. The third-order valence-corrected chi connectivity index (χ3v) is 6.90. The van der Waals surface area contributed by atoms with E-state index < -0.39 is 139 Å². The zero-order valence-electron chi connectivity index (χ0n) is 23.8. The van der Waals surface area contributed by atoms with Crippen LogP contribution in [0.5, 0.6) is 0 Å². The number of benzene rings is 1. The van der Waals surface area contributed by atoms with Crippen molar-refractivity contribution in [1.82, 2.24) is 9.97 Å². The van der Waals surface area contributed by atoms with Crippen LogP contribution < -0.4 is 0 Å². The number of hydrogen-bond donors (Lipinski definition) is 0. The van der Waals surface area contributed by atoms with Crippen LogP contribution in [0.2, 0.25) is 0 Å². The molecule has 2 aromatic heterocycles. The molecule has 0 atom stereocenters. The van der Waals surface area contributed by atoms with E-state index in [1.807, 2.05) is 4.98 Å². The first-order chi connectivity index (χ1) is 23.2. The summed E-state index contributed by atoms with van der Waals surface area (Å²) in [7, 11) is 0. The lowest BCUT2D eigenvalue weighted by Crippen LogP contribution is -2.16. The molecule has 1 aliphatic rings. The monoisotopic (exact) mass is 752 g/mol. The maximum Gasteiger partial charge on any atom is 0.436 e. The van der Waals surface area contributed by atoms with Gasteiger partial charge in [0, 0.05) is 11.1 Å². The lowest BCUT2D eigenvalue weighted by atomic mass is 9.98. The molecule has 0 radical (unpaired) electrons. The summed E-state index contributed by atoms with van der Waals surface area (Å²) >= 11 is 0. The zero-order valence-corrected chi connectivity index (χ0v) is 23.8. The molecule has 1 saturated carbocycles. The minimum absolute atomic E-state index is 0.153. The molecule has 0 saturated heterocycles. The Balaban J connectivity index is 2.31. The first-order valence-electron chi connectivity index (χ1n) is 12.7. The quantitative estimate of drug-likeness (QED) is 0.152. The van der Waals surface area contributed by atoms with Crippen molar-refractivity contribution in [3.8, 4) is 12.1 Å². The predicted octanol–water partition coefficient (Wildman–Crippen LogP) is 10.1. The van der Waals surface area contributed by atoms with Gasteiger partial charge in [0.2, 0.25) is 11.9 Å². The summed E-state index contributed by atoms with van der Waals surface area (Å²) in [6.45, 7) is 0.349. The van der Waals surface area contributed by atoms with E-state index in [0.717, 1.165) is 12.1 Å². The van der Waals surface area contributed by atoms with Gasteiger partial charge in [-0.05, 0) is 41.8 Å². The maximum atomic E-state index is 15.1. The van der Waals surface area contributed by atoms with Gasteiger partial charge in [-0.2, -0.15) is 72.0 Å². The Morgan fingerprint density at radius 3 is 1.25 bits per heavy atom. The molecule has 1 aromatic carbocycles. The Kier molecular flexibility index (Phi) is 9.27. The van der Waals surface area contributed by atoms with Crippen LogP contribution in [0.1, 0.15) is 46.1 Å². The number of halogens is 18. The molecule has 0 bridgehead atoms. The minimum Gasteiger partial charge on any atom is -0.209 e. The Labute approximate surface area is 269 Å². The molecule has 3 aromatic rings. The van der Waals surface area contributed by atoms with Gasteiger partial charge in [0.15, 0.2) is 34.7 Å². The van der Waals surface area contributed by atoms with E-state index in [9.17, 15) is 80.8 Å². The molecule has 2 heterocycles. The van der Waals surface area contributed by atoms with Gasteiger partial charge in [0.25, 0.3) is 0 Å². The van der Waals surface area contributed by atoms with Gasteiger partial charge < -0.3 is 0 Å². The van der Waals surface area contributed by atoms with E-state index in [0.29, 0.717) is 6.92 Å².